The molecule has 1 aromatic carbocycles. The number of sulfonamides is 1. The minimum absolute atomic E-state index is 0.0942. The molecule has 1 atom stereocenters. The van der Waals surface area contributed by atoms with Crippen molar-refractivity contribution in [3.63, 3.8) is 0 Å². The molecule has 1 heterocycles. The first-order valence-corrected chi connectivity index (χ1v) is 20.9. The second-order valence-electron chi connectivity index (χ2n) is 14.5. The monoisotopic (exact) mass is 719 g/mol. The maximum atomic E-state index is 12.8. The number of fused-ring (bicyclic) bond motifs is 1. The first kappa shape index (κ1) is 43.2. The van der Waals surface area contributed by atoms with Crippen LogP contribution in [0.2, 0.25) is 0 Å². The van der Waals surface area contributed by atoms with Gasteiger partial charge in [-0.25, -0.2) is 22.7 Å². The van der Waals surface area contributed by atoms with Gasteiger partial charge in [-0.1, -0.05) is 115 Å². The highest BCUT2D eigenvalue weighted by atomic mass is 32.2. The molecule has 0 saturated carbocycles. The van der Waals surface area contributed by atoms with Crippen molar-refractivity contribution in [1.29, 1.82) is 0 Å². The molecule has 11 heteroatoms. The van der Waals surface area contributed by atoms with Crippen LogP contribution < -0.4 is 19.9 Å². The number of ether oxygens (including phenoxy) is 2. The van der Waals surface area contributed by atoms with Gasteiger partial charge in [0.2, 0.25) is 15.5 Å². The third-order valence-electron chi connectivity index (χ3n) is 8.59. The molecule has 50 heavy (non-hydrogen) atoms. The van der Waals surface area contributed by atoms with Crippen molar-refractivity contribution in [2.45, 2.75) is 155 Å². The predicted molar refractivity (Wildman–Crippen MR) is 203 cm³/mol. The van der Waals surface area contributed by atoms with Gasteiger partial charge in [-0.3, -0.25) is 0 Å². The Balaban J connectivity index is 1.62. The van der Waals surface area contributed by atoms with Crippen LogP contribution in [0.15, 0.2) is 42.6 Å². The van der Waals surface area contributed by atoms with Crippen molar-refractivity contribution in [3.05, 3.63) is 42.6 Å². The molecule has 10 nitrogen and oxygen atoms in total. The first-order chi connectivity index (χ1) is 24.0. The van der Waals surface area contributed by atoms with Crippen molar-refractivity contribution in [2.24, 2.45) is 0 Å². The number of hydrogen-bond donors (Lipinski definition) is 3. The van der Waals surface area contributed by atoms with Gasteiger partial charge >= 0.3 is 12.2 Å². The lowest BCUT2D eigenvalue weighted by Crippen LogP contribution is -2.49. The lowest BCUT2D eigenvalue weighted by molar-refractivity contribution is -0.671. The summed E-state index contributed by atoms with van der Waals surface area (Å²) >= 11 is 0. The maximum Gasteiger partial charge on any atom is 0.408 e. The normalized spacial score (nSPS) is 12.5. The number of benzene rings is 1. The SMILES string of the molecule is CCCCCCCCCCCCCCCCCCNC(=O)OCC(CNS(=O)(=O)CCC[n+]1cccc2ccccc21)NC(=O)OC(C)(C)C. The summed E-state index contributed by atoms with van der Waals surface area (Å²) in [4.78, 5) is 24.8. The van der Waals surface area contributed by atoms with Crippen LogP contribution in [0.1, 0.15) is 137 Å². The highest BCUT2D eigenvalue weighted by molar-refractivity contribution is 7.89. The van der Waals surface area contributed by atoms with Crippen LogP contribution in [0.5, 0.6) is 0 Å². The Morgan fingerprint density at radius 1 is 0.760 bits per heavy atom. The van der Waals surface area contributed by atoms with Crippen molar-refractivity contribution < 1.29 is 32.0 Å². The Morgan fingerprint density at radius 3 is 1.92 bits per heavy atom. The molecule has 284 valence electrons. The number of unbranched alkanes of at least 4 members (excludes halogenated alkanes) is 15. The molecule has 3 N–H and O–H groups in total. The van der Waals surface area contributed by atoms with E-state index in [-0.39, 0.29) is 18.9 Å². The van der Waals surface area contributed by atoms with Crippen molar-refractivity contribution in [2.75, 3.05) is 25.4 Å². The molecule has 0 aliphatic heterocycles. The molecule has 1 aromatic heterocycles. The molecule has 2 aromatic rings. The van der Waals surface area contributed by atoms with Crippen LogP contribution in [0, 0.1) is 0 Å². The van der Waals surface area contributed by atoms with Gasteiger partial charge in [-0.2, -0.15) is 4.57 Å². The molecule has 1 unspecified atom stereocenters. The van der Waals surface area contributed by atoms with E-state index in [4.69, 9.17) is 9.47 Å². The summed E-state index contributed by atoms with van der Waals surface area (Å²) in [5.41, 5.74) is 0.297. The number of amides is 2. The van der Waals surface area contributed by atoms with E-state index in [1.54, 1.807) is 20.8 Å². The maximum absolute atomic E-state index is 12.8. The number of para-hydroxylation sites is 1. The number of aromatic nitrogens is 1. The van der Waals surface area contributed by atoms with Crippen molar-refractivity contribution in [3.8, 4) is 0 Å². The van der Waals surface area contributed by atoms with Gasteiger partial charge in [-0.05, 0) is 39.3 Å². The minimum Gasteiger partial charge on any atom is -0.447 e. The number of rotatable bonds is 27. The topological polar surface area (TPSA) is 127 Å². The first-order valence-electron chi connectivity index (χ1n) is 19.2. The Kier molecular flexibility index (Phi) is 21.7. The van der Waals surface area contributed by atoms with Crippen LogP contribution >= 0.6 is 0 Å². The second-order valence-corrected chi connectivity index (χ2v) is 16.4. The van der Waals surface area contributed by atoms with Crippen LogP contribution in [-0.2, 0) is 26.0 Å². The Morgan fingerprint density at radius 2 is 1.32 bits per heavy atom. The number of carbonyl (C=O) groups is 2. The van der Waals surface area contributed by atoms with E-state index < -0.39 is 33.9 Å². The molecule has 2 amide bonds. The second kappa shape index (κ2) is 25.1. The number of nitrogens with one attached hydrogen (secondary N) is 3. The zero-order valence-corrected chi connectivity index (χ0v) is 32.3. The summed E-state index contributed by atoms with van der Waals surface area (Å²) in [5, 5.41) is 6.48. The van der Waals surface area contributed by atoms with Crippen molar-refractivity contribution in [1.82, 2.24) is 15.4 Å². The average molecular weight is 720 g/mol. The van der Waals surface area contributed by atoms with Gasteiger partial charge in [-0.15, -0.1) is 0 Å². The third kappa shape index (κ3) is 21.3. The van der Waals surface area contributed by atoms with E-state index in [9.17, 15) is 18.0 Å². The number of carbonyl (C=O) groups excluding carboxylic acids is 2. The van der Waals surface area contributed by atoms with E-state index in [2.05, 4.69) is 22.3 Å². The largest absolute Gasteiger partial charge is 0.447 e. The van der Waals surface area contributed by atoms with E-state index in [1.165, 1.54) is 83.5 Å². The summed E-state index contributed by atoms with van der Waals surface area (Å²) in [5.74, 6) is -0.0942. The molecular weight excluding hydrogens is 653 g/mol. The summed E-state index contributed by atoms with van der Waals surface area (Å²) < 4.78 is 41.0. The number of nitrogens with zero attached hydrogens (tertiary/aromatic N) is 1. The quantitative estimate of drug-likeness (QED) is 0.0630. The van der Waals surface area contributed by atoms with Crippen LogP contribution in [0.25, 0.3) is 10.9 Å². The van der Waals surface area contributed by atoms with Gasteiger partial charge in [0, 0.05) is 37.0 Å². The highest BCUT2D eigenvalue weighted by Crippen LogP contribution is 2.14. The molecule has 0 radical (unpaired) electrons. The van der Waals surface area contributed by atoms with E-state index in [1.807, 2.05) is 47.2 Å². The van der Waals surface area contributed by atoms with Gasteiger partial charge in [0.15, 0.2) is 6.20 Å². The van der Waals surface area contributed by atoms with Crippen LogP contribution in [0.4, 0.5) is 9.59 Å². The predicted octanol–water partition coefficient (Wildman–Crippen LogP) is 8.32. The number of aryl methyl sites for hydroxylation is 1. The Hall–Kier alpha value is -2.92. The number of hydrogen-bond acceptors (Lipinski definition) is 6. The summed E-state index contributed by atoms with van der Waals surface area (Å²) in [6.45, 7) is 8.16. The lowest BCUT2D eigenvalue weighted by Gasteiger charge is -2.23. The molecule has 0 saturated heterocycles. The highest BCUT2D eigenvalue weighted by Gasteiger charge is 2.23. The van der Waals surface area contributed by atoms with Gasteiger partial charge in [0.25, 0.3) is 0 Å². The zero-order valence-electron chi connectivity index (χ0n) is 31.5. The van der Waals surface area contributed by atoms with E-state index in [0.717, 1.165) is 30.2 Å². The smallest absolute Gasteiger partial charge is 0.408 e. The lowest BCUT2D eigenvalue weighted by atomic mass is 10.0. The number of pyridine rings is 1. The summed E-state index contributed by atoms with van der Waals surface area (Å²) in [6, 6.07) is 11.1. The Bertz CT molecular complexity index is 1330. The van der Waals surface area contributed by atoms with Gasteiger partial charge in [0.1, 0.15) is 18.8 Å². The molecule has 0 aliphatic rings. The summed E-state index contributed by atoms with van der Waals surface area (Å²) in [7, 11) is -3.66. The third-order valence-corrected chi connectivity index (χ3v) is 10.0. The molecule has 0 fully saturated rings. The van der Waals surface area contributed by atoms with Crippen LogP contribution in [0.3, 0.4) is 0 Å². The fourth-order valence-corrected chi connectivity index (χ4v) is 6.97. The fraction of sp³-hybridized carbons (Fsp3) is 0.718. The Labute approximate surface area is 302 Å². The average Bonchev–Trinajstić information content (AvgIpc) is 3.06. The number of alkyl carbamates (subject to hydrolysis) is 2. The minimum atomic E-state index is -3.66. The van der Waals surface area contributed by atoms with E-state index >= 15 is 0 Å². The standard InChI is InChI=1S/C39H66N4O6S/c1-5-6-7-8-9-10-11-12-13-14-15-16-17-18-19-22-28-40-37(44)48-33-35(42-38(45)49-39(2,3)4)32-41-50(46,47)31-24-30-43-29-23-26-34-25-20-21-27-36(34)43/h20-21,23,25-27,29,35,41H,5-19,22,24,28,30-33H2,1-4H3,(H-,40,42,44,45)/p+1. The zero-order chi connectivity index (χ0) is 36.5. The van der Waals surface area contributed by atoms with Crippen molar-refractivity contribution >= 4 is 33.1 Å². The molecule has 0 aliphatic carbocycles. The molecule has 0 bridgehead atoms. The van der Waals surface area contributed by atoms with Gasteiger partial charge in [0.05, 0.1) is 11.8 Å². The van der Waals surface area contributed by atoms with E-state index in [0.29, 0.717) is 19.5 Å². The van der Waals surface area contributed by atoms with Crippen LogP contribution in [-0.4, -0.2) is 57.7 Å². The molecule has 2 rings (SSSR count). The van der Waals surface area contributed by atoms with Gasteiger partial charge < -0.3 is 20.1 Å². The summed E-state index contributed by atoms with van der Waals surface area (Å²) in [6.07, 6.45) is 21.6. The molecule has 0 spiro atoms. The fourth-order valence-electron chi connectivity index (χ4n) is 5.86. The molecular formula is C39H67N4O6S+.